The first-order valence-electron chi connectivity index (χ1n) is 7.41. The topological polar surface area (TPSA) is 55.8 Å². The predicted molar refractivity (Wildman–Crippen MR) is 89.2 cm³/mol. The summed E-state index contributed by atoms with van der Waals surface area (Å²) in [4.78, 5) is 7.90. The van der Waals surface area contributed by atoms with Gasteiger partial charge in [0.2, 0.25) is 0 Å². The molecule has 0 aliphatic carbocycles. The predicted octanol–water partition coefficient (Wildman–Crippen LogP) is 4.46. The zero-order valence-corrected chi connectivity index (χ0v) is 13.8. The molecule has 0 fully saturated rings. The van der Waals surface area contributed by atoms with E-state index in [-0.39, 0.29) is 24.0 Å². The van der Waals surface area contributed by atoms with Gasteiger partial charge >= 0.3 is 6.61 Å². The molecular weight excluding hydrogens is 318 g/mol. The maximum atomic E-state index is 12.7. The lowest BCUT2D eigenvalue weighted by atomic mass is 10.1. The van der Waals surface area contributed by atoms with Gasteiger partial charge in [-0.2, -0.15) is 8.78 Å². The van der Waals surface area contributed by atoms with Crippen molar-refractivity contribution in [2.24, 2.45) is 5.16 Å². The molecule has 7 heteroatoms. The van der Waals surface area contributed by atoms with Gasteiger partial charge in [-0.3, -0.25) is 0 Å². The van der Waals surface area contributed by atoms with E-state index in [0.717, 1.165) is 16.6 Å². The molecule has 2 rings (SSSR count). The Bertz CT molecular complexity index is 739. The molecule has 0 unspecified atom stereocenters. The number of hydrogen-bond acceptors (Lipinski definition) is 4. The third-order valence-electron chi connectivity index (χ3n) is 3.36. The molecule has 0 amide bonds. The van der Waals surface area contributed by atoms with Gasteiger partial charge in [-0.1, -0.05) is 25.6 Å². The molecule has 1 aromatic heterocycles. The molecule has 24 heavy (non-hydrogen) atoms. The van der Waals surface area contributed by atoms with E-state index in [4.69, 9.17) is 4.74 Å². The Balaban J connectivity index is 2.37. The number of halogens is 2. The van der Waals surface area contributed by atoms with Crippen molar-refractivity contribution in [2.45, 2.75) is 26.4 Å². The number of ether oxygens (including phenoxy) is 2. The fraction of sp³-hybridized carbons (Fsp3) is 0.353. The van der Waals surface area contributed by atoms with Gasteiger partial charge in [0.15, 0.2) is 11.5 Å². The highest BCUT2D eigenvalue weighted by Gasteiger charge is 2.15. The van der Waals surface area contributed by atoms with Gasteiger partial charge in [-0.25, -0.2) is 0 Å². The Morgan fingerprint density at radius 1 is 1.29 bits per heavy atom. The summed E-state index contributed by atoms with van der Waals surface area (Å²) >= 11 is 0. The number of nitrogens with zero attached hydrogens (tertiary/aromatic N) is 1. The van der Waals surface area contributed by atoms with Crippen LogP contribution in [-0.2, 0) is 4.84 Å². The summed E-state index contributed by atoms with van der Waals surface area (Å²) in [6.45, 7) is 4.73. The van der Waals surface area contributed by atoms with E-state index in [0.29, 0.717) is 5.71 Å². The largest absolute Gasteiger partial charge is 0.483 e. The molecule has 0 aliphatic rings. The highest BCUT2D eigenvalue weighted by molar-refractivity contribution is 5.95. The standard InChI is InChI=1S/C17H20F2N2O3/c1-5-12(21-22-4)9-23-15-8-14-11(6-13(20-14)10(2)3)7-16(15)24-17(18)19/h5-8,10,17,20H,1,9H2,2-4H3/b21-12+. The summed E-state index contributed by atoms with van der Waals surface area (Å²) in [5.74, 6) is 0.431. The first-order valence-corrected chi connectivity index (χ1v) is 7.41. The fourth-order valence-corrected chi connectivity index (χ4v) is 2.17. The van der Waals surface area contributed by atoms with Crippen LogP contribution in [0.4, 0.5) is 8.78 Å². The third kappa shape index (κ3) is 4.24. The molecule has 130 valence electrons. The molecule has 0 aliphatic heterocycles. The molecule has 0 radical (unpaired) electrons. The van der Waals surface area contributed by atoms with Gasteiger partial charge in [0, 0.05) is 22.7 Å². The van der Waals surface area contributed by atoms with E-state index in [9.17, 15) is 8.78 Å². The second-order valence-corrected chi connectivity index (χ2v) is 5.40. The number of alkyl halides is 2. The van der Waals surface area contributed by atoms with Crippen LogP contribution in [0.1, 0.15) is 25.5 Å². The maximum absolute atomic E-state index is 12.7. The van der Waals surface area contributed by atoms with E-state index >= 15 is 0 Å². The van der Waals surface area contributed by atoms with Crippen molar-refractivity contribution < 1.29 is 23.1 Å². The minimum Gasteiger partial charge on any atom is -0.483 e. The number of benzene rings is 1. The molecule has 0 spiro atoms. The Hall–Kier alpha value is -2.57. The molecule has 1 N–H and O–H groups in total. The molecule has 0 saturated heterocycles. The summed E-state index contributed by atoms with van der Waals surface area (Å²) in [6, 6.07) is 5.07. The van der Waals surface area contributed by atoms with Crippen molar-refractivity contribution in [1.29, 1.82) is 0 Å². The summed E-state index contributed by atoms with van der Waals surface area (Å²) in [5, 5.41) is 4.49. The molecule has 1 heterocycles. The Morgan fingerprint density at radius 2 is 2.04 bits per heavy atom. The van der Waals surface area contributed by atoms with E-state index in [1.165, 1.54) is 19.3 Å². The molecular formula is C17H20F2N2O3. The van der Waals surface area contributed by atoms with Crippen molar-refractivity contribution in [3.63, 3.8) is 0 Å². The number of fused-ring (bicyclic) bond motifs is 1. The van der Waals surface area contributed by atoms with Crippen LogP contribution < -0.4 is 9.47 Å². The SMILES string of the molecule is C=C/C(COc1cc2[nH]c(C(C)C)cc2cc1OC(F)F)=N\OC. The van der Waals surface area contributed by atoms with E-state index in [1.807, 2.05) is 19.9 Å². The van der Waals surface area contributed by atoms with Gasteiger partial charge in [-0.05, 0) is 24.1 Å². The summed E-state index contributed by atoms with van der Waals surface area (Å²) < 4.78 is 35.5. The number of oxime groups is 1. The summed E-state index contributed by atoms with van der Waals surface area (Å²) in [5.41, 5.74) is 2.20. The van der Waals surface area contributed by atoms with Crippen LogP contribution in [0.25, 0.3) is 10.9 Å². The second-order valence-electron chi connectivity index (χ2n) is 5.40. The first kappa shape index (κ1) is 17.8. The Kier molecular flexibility index (Phi) is 5.78. The molecule has 2 aromatic rings. The summed E-state index contributed by atoms with van der Waals surface area (Å²) in [7, 11) is 1.40. The minimum atomic E-state index is -2.94. The van der Waals surface area contributed by atoms with Gasteiger partial charge in [0.25, 0.3) is 0 Å². The number of aromatic amines is 1. The van der Waals surface area contributed by atoms with Crippen molar-refractivity contribution in [3.8, 4) is 11.5 Å². The molecule has 0 bridgehead atoms. The maximum Gasteiger partial charge on any atom is 0.387 e. The molecule has 1 aromatic carbocycles. The molecule has 0 atom stereocenters. The number of H-pyrrole nitrogens is 1. The lowest BCUT2D eigenvalue weighted by Crippen LogP contribution is -2.11. The van der Waals surface area contributed by atoms with Crippen LogP contribution >= 0.6 is 0 Å². The van der Waals surface area contributed by atoms with Crippen molar-refractivity contribution in [2.75, 3.05) is 13.7 Å². The number of aromatic nitrogens is 1. The van der Waals surface area contributed by atoms with Crippen LogP contribution in [0.3, 0.4) is 0 Å². The van der Waals surface area contributed by atoms with Crippen molar-refractivity contribution in [3.05, 3.63) is 36.5 Å². The lowest BCUT2D eigenvalue weighted by Gasteiger charge is -2.12. The van der Waals surface area contributed by atoms with Crippen LogP contribution in [0.2, 0.25) is 0 Å². The highest BCUT2D eigenvalue weighted by atomic mass is 19.3. The smallest absolute Gasteiger partial charge is 0.387 e. The highest BCUT2D eigenvalue weighted by Crippen LogP contribution is 2.35. The van der Waals surface area contributed by atoms with Crippen LogP contribution in [0.15, 0.2) is 36.0 Å². The number of nitrogens with one attached hydrogen (secondary N) is 1. The third-order valence-corrected chi connectivity index (χ3v) is 3.36. The zero-order valence-electron chi connectivity index (χ0n) is 13.8. The fourth-order valence-electron chi connectivity index (χ4n) is 2.17. The van der Waals surface area contributed by atoms with Crippen LogP contribution in [0, 0.1) is 0 Å². The average Bonchev–Trinajstić information content (AvgIpc) is 2.93. The monoisotopic (exact) mass is 338 g/mol. The van der Waals surface area contributed by atoms with Crippen molar-refractivity contribution >= 4 is 16.6 Å². The van der Waals surface area contributed by atoms with Crippen LogP contribution in [0.5, 0.6) is 11.5 Å². The van der Waals surface area contributed by atoms with E-state index < -0.39 is 6.61 Å². The summed E-state index contributed by atoms with van der Waals surface area (Å²) in [6.07, 6.45) is 1.46. The minimum absolute atomic E-state index is 0.0141. The zero-order chi connectivity index (χ0) is 17.7. The van der Waals surface area contributed by atoms with E-state index in [2.05, 4.69) is 26.3 Å². The van der Waals surface area contributed by atoms with Crippen LogP contribution in [-0.4, -0.2) is 31.0 Å². The first-order chi connectivity index (χ1) is 11.4. The van der Waals surface area contributed by atoms with Crippen molar-refractivity contribution in [1.82, 2.24) is 4.98 Å². The Morgan fingerprint density at radius 3 is 2.62 bits per heavy atom. The lowest BCUT2D eigenvalue weighted by molar-refractivity contribution is -0.0512. The normalized spacial score (nSPS) is 12.0. The molecule has 0 saturated carbocycles. The number of rotatable bonds is 8. The molecule has 5 nitrogen and oxygen atoms in total. The number of hydrogen-bond donors (Lipinski definition) is 1. The van der Waals surface area contributed by atoms with Gasteiger partial charge in [-0.15, -0.1) is 0 Å². The van der Waals surface area contributed by atoms with Gasteiger partial charge < -0.3 is 19.3 Å². The Labute approximate surface area is 138 Å². The van der Waals surface area contributed by atoms with Gasteiger partial charge in [0.05, 0.1) is 0 Å². The van der Waals surface area contributed by atoms with E-state index in [1.54, 1.807) is 6.07 Å². The van der Waals surface area contributed by atoms with Gasteiger partial charge in [0.1, 0.15) is 19.4 Å². The average molecular weight is 338 g/mol. The second kappa shape index (κ2) is 7.81. The quantitative estimate of drug-likeness (QED) is 0.571.